The molecule has 0 aliphatic carbocycles. The summed E-state index contributed by atoms with van der Waals surface area (Å²) in [6.45, 7) is 0. The van der Waals surface area contributed by atoms with Gasteiger partial charge in [-0.25, -0.2) is 4.98 Å². The first-order chi connectivity index (χ1) is 12.4. The fourth-order valence-electron chi connectivity index (χ4n) is 2.59. The Balaban J connectivity index is 1.88. The number of nitrogens with zero attached hydrogens (tertiary/aromatic N) is 4. The second-order valence-electron chi connectivity index (χ2n) is 5.00. The number of hydrogen-bond acceptors (Lipinski definition) is 9. The molecule has 0 amide bonds. The number of hydrogen-bond donors (Lipinski definition) is 0. The van der Waals surface area contributed by atoms with E-state index in [2.05, 4.69) is 20.5 Å². The van der Waals surface area contributed by atoms with Gasteiger partial charge in [-0.15, -0.1) is 16.4 Å². The highest BCUT2D eigenvalue weighted by atomic mass is 32.1. The van der Waals surface area contributed by atoms with Gasteiger partial charge in [0.1, 0.15) is 29.7 Å². The Labute approximate surface area is 143 Å². The normalized spacial score (nSPS) is 11.2. The van der Waals surface area contributed by atoms with Crippen LogP contribution in [0.25, 0.3) is 43.9 Å². The smallest absolute Gasteiger partial charge is 0.228 e. The number of rotatable bonds is 4. The summed E-state index contributed by atoms with van der Waals surface area (Å²) in [7, 11) is 0. The van der Waals surface area contributed by atoms with Crippen molar-refractivity contribution in [3.05, 3.63) is 49.4 Å². The minimum Gasteiger partial charge on any atom is -0.463 e. The van der Waals surface area contributed by atoms with Crippen LogP contribution in [0.5, 0.6) is 0 Å². The Morgan fingerprint density at radius 2 is 1.88 bits per heavy atom. The lowest BCUT2D eigenvalue weighted by Crippen LogP contribution is -1.85. The van der Waals surface area contributed by atoms with Crippen molar-refractivity contribution < 1.29 is 17.9 Å². The molecule has 0 atom stereocenters. The van der Waals surface area contributed by atoms with Gasteiger partial charge in [-0.1, -0.05) is 5.16 Å². The Morgan fingerprint density at radius 1 is 0.880 bits per heavy atom. The minimum absolute atomic E-state index is 0.448. The molecule has 0 bridgehead atoms. The molecule has 0 aliphatic heterocycles. The molecule has 5 rings (SSSR count). The van der Waals surface area contributed by atoms with E-state index in [0.717, 1.165) is 20.9 Å². The molecule has 25 heavy (non-hydrogen) atoms. The van der Waals surface area contributed by atoms with Gasteiger partial charge in [-0.2, -0.15) is 0 Å². The van der Waals surface area contributed by atoms with E-state index in [4.69, 9.17) is 17.9 Å². The second kappa shape index (κ2) is 5.56. The van der Waals surface area contributed by atoms with Crippen molar-refractivity contribution in [2.24, 2.45) is 0 Å². The molecule has 9 heteroatoms. The van der Waals surface area contributed by atoms with E-state index in [-0.39, 0.29) is 0 Å². The van der Waals surface area contributed by atoms with Gasteiger partial charge in [0.25, 0.3) is 0 Å². The lowest BCUT2D eigenvalue weighted by Gasteiger charge is -2.01. The maximum atomic E-state index is 5.60. The molecular formula is C16H8N4O4S. The third-order valence-corrected chi connectivity index (χ3v) is 4.81. The molecule has 0 saturated heterocycles. The van der Waals surface area contributed by atoms with Gasteiger partial charge in [-0.3, -0.25) is 0 Å². The van der Waals surface area contributed by atoms with E-state index in [1.54, 1.807) is 18.5 Å². The van der Waals surface area contributed by atoms with Crippen molar-refractivity contribution in [2.45, 2.75) is 0 Å². The summed E-state index contributed by atoms with van der Waals surface area (Å²) in [5.74, 6) is 1.13. The first kappa shape index (κ1) is 13.9. The maximum absolute atomic E-state index is 5.60. The Hall–Kier alpha value is -3.46. The first-order valence-corrected chi connectivity index (χ1v) is 8.02. The lowest BCUT2D eigenvalue weighted by molar-refractivity contribution is 0.393. The number of furan rings is 1. The molecule has 5 heterocycles. The van der Waals surface area contributed by atoms with Crippen molar-refractivity contribution in [1.82, 2.24) is 20.5 Å². The molecule has 0 saturated carbocycles. The summed E-state index contributed by atoms with van der Waals surface area (Å²) >= 11 is 1.46. The zero-order valence-corrected chi connectivity index (χ0v) is 13.3. The largest absolute Gasteiger partial charge is 0.463 e. The number of oxazole rings is 1. The van der Waals surface area contributed by atoms with Crippen molar-refractivity contribution in [1.29, 1.82) is 0 Å². The molecule has 0 fully saturated rings. The summed E-state index contributed by atoms with van der Waals surface area (Å²) in [4.78, 5) is 5.94. The predicted octanol–water partition coefficient (Wildman–Crippen LogP) is 4.37. The molecular weight excluding hydrogens is 344 g/mol. The van der Waals surface area contributed by atoms with Crippen molar-refractivity contribution in [2.75, 3.05) is 0 Å². The predicted molar refractivity (Wildman–Crippen MR) is 86.3 cm³/mol. The van der Waals surface area contributed by atoms with E-state index in [9.17, 15) is 0 Å². The average Bonchev–Trinajstić information content (AvgIpc) is 3.48. The van der Waals surface area contributed by atoms with Crippen LogP contribution in [0.15, 0.2) is 67.3 Å². The van der Waals surface area contributed by atoms with Gasteiger partial charge < -0.3 is 17.9 Å². The highest BCUT2D eigenvalue weighted by Gasteiger charge is 2.29. The van der Waals surface area contributed by atoms with E-state index >= 15 is 0 Å². The molecule has 8 nitrogen and oxygen atoms in total. The molecule has 0 N–H and O–H groups in total. The van der Waals surface area contributed by atoms with E-state index in [1.165, 1.54) is 30.1 Å². The zero-order chi connectivity index (χ0) is 16.6. The summed E-state index contributed by atoms with van der Waals surface area (Å²) in [5.41, 5.74) is 2.72. The molecule has 0 aromatic carbocycles. The van der Waals surface area contributed by atoms with Crippen LogP contribution in [0.4, 0.5) is 0 Å². The van der Waals surface area contributed by atoms with Crippen molar-refractivity contribution in [3.63, 3.8) is 0 Å². The Morgan fingerprint density at radius 3 is 2.56 bits per heavy atom. The van der Waals surface area contributed by atoms with Crippen LogP contribution >= 0.6 is 11.3 Å². The van der Waals surface area contributed by atoms with Crippen LogP contribution < -0.4 is 0 Å². The van der Waals surface area contributed by atoms with Crippen LogP contribution in [0.2, 0.25) is 0 Å². The third-order valence-electron chi connectivity index (χ3n) is 3.59. The van der Waals surface area contributed by atoms with Crippen molar-refractivity contribution >= 4 is 11.3 Å². The molecule has 5 aromatic rings. The SMILES string of the molecule is c1coc(-c2sc(-c3conn3)c(-c3ccon3)c2-c2ncco2)c1. The van der Waals surface area contributed by atoms with E-state index < -0.39 is 0 Å². The summed E-state index contributed by atoms with van der Waals surface area (Å²) in [6.07, 6.45) is 7.69. The summed E-state index contributed by atoms with van der Waals surface area (Å²) < 4.78 is 21.1. The van der Waals surface area contributed by atoms with E-state index in [0.29, 0.717) is 23.0 Å². The van der Waals surface area contributed by atoms with Crippen LogP contribution in [0.3, 0.4) is 0 Å². The third kappa shape index (κ3) is 2.21. The van der Waals surface area contributed by atoms with Gasteiger partial charge in [0, 0.05) is 16.9 Å². The highest BCUT2D eigenvalue weighted by molar-refractivity contribution is 7.20. The van der Waals surface area contributed by atoms with Crippen molar-refractivity contribution in [3.8, 4) is 43.9 Å². The van der Waals surface area contributed by atoms with Crippen LogP contribution in [0.1, 0.15) is 0 Å². The Kier molecular flexibility index (Phi) is 3.10. The summed E-state index contributed by atoms with van der Waals surface area (Å²) in [5, 5.41) is 11.7. The van der Waals surface area contributed by atoms with Gasteiger partial charge >= 0.3 is 0 Å². The van der Waals surface area contributed by atoms with Gasteiger partial charge in [0.05, 0.1) is 27.8 Å². The fourth-order valence-corrected chi connectivity index (χ4v) is 3.81. The van der Waals surface area contributed by atoms with Gasteiger partial charge in [0.15, 0.2) is 6.26 Å². The molecule has 0 unspecified atom stereocenters. The second-order valence-corrected chi connectivity index (χ2v) is 6.02. The van der Waals surface area contributed by atoms with Gasteiger partial charge in [0.2, 0.25) is 5.89 Å². The molecule has 122 valence electrons. The average molecular weight is 352 g/mol. The standard InChI is InChI=1S/C16H8N4O4S/c1-2-11(21-5-1)15-13(16-17-4-7-22-16)12(9-3-6-23-19-9)14(25-15)10-8-24-20-18-10/h1-8H. The highest BCUT2D eigenvalue weighted by Crippen LogP contribution is 2.50. The topological polar surface area (TPSA) is 104 Å². The number of thiophene rings is 1. The molecule has 0 spiro atoms. The lowest BCUT2D eigenvalue weighted by atomic mass is 10.0. The molecule has 5 aromatic heterocycles. The Bertz CT molecular complexity index is 991. The quantitative estimate of drug-likeness (QED) is 0.469. The summed E-state index contributed by atoms with van der Waals surface area (Å²) in [6, 6.07) is 5.45. The molecule has 0 aliphatic rings. The van der Waals surface area contributed by atoms with Crippen LogP contribution in [-0.2, 0) is 0 Å². The number of aromatic nitrogens is 4. The van der Waals surface area contributed by atoms with Crippen LogP contribution in [-0.4, -0.2) is 20.5 Å². The molecule has 0 radical (unpaired) electrons. The van der Waals surface area contributed by atoms with E-state index in [1.807, 2.05) is 12.1 Å². The minimum atomic E-state index is 0.448. The first-order valence-electron chi connectivity index (χ1n) is 7.20. The zero-order valence-electron chi connectivity index (χ0n) is 12.4. The fraction of sp³-hybridized carbons (Fsp3) is 0. The van der Waals surface area contributed by atoms with Crippen LogP contribution in [0, 0.1) is 0 Å². The monoisotopic (exact) mass is 352 g/mol. The maximum Gasteiger partial charge on any atom is 0.228 e. The van der Waals surface area contributed by atoms with Gasteiger partial charge in [-0.05, 0) is 12.1 Å².